The van der Waals surface area contributed by atoms with Crippen LogP contribution in [0.1, 0.15) is 30.9 Å². The predicted molar refractivity (Wildman–Crippen MR) is 90.3 cm³/mol. The van der Waals surface area contributed by atoms with E-state index in [0.29, 0.717) is 6.54 Å². The largest absolute Gasteiger partial charge is 0.497 e. The maximum Gasteiger partial charge on any atom is 0.119 e. The first-order valence-corrected chi connectivity index (χ1v) is 8.27. The number of piperidine rings is 1. The van der Waals surface area contributed by atoms with Gasteiger partial charge in [0, 0.05) is 6.54 Å². The molecule has 22 heavy (non-hydrogen) atoms. The second-order valence-corrected chi connectivity index (χ2v) is 6.63. The van der Waals surface area contributed by atoms with E-state index in [-0.39, 0.29) is 0 Å². The van der Waals surface area contributed by atoms with Crippen LogP contribution >= 0.6 is 0 Å². The molecule has 124 valence electrons. The highest BCUT2D eigenvalue weighted by atomic mass is 16.5. The van der Waals surface area contributed by atoms with Crippen LogP contribution in [0, 0.1) is 5.92 Å². The summed E-state index contributed by atoms with van der Waals surface area (Å²) < 4.78 is 5.23. The molecule has 4 heteroatoms. The summed E-state index contributed by atoms with van der Waals surface area (Å²) in [5, 5.41) is 10.4. The Labute approximate surface area is 134 Å². The molecule has 1 aliphatic rings. The van der Waals surface area contributed by atoms with Gasteiger partial charge in [-0.15, -0.1) is 0 Å². The molecule has 1 atom stereocenters. The molecular weight excluding hydrogens is 276 g/mol. The van der Waals surface area contributed by atoms with Gasteiger partial charge in [-0.2, -0.15) is 0 Å². The summed E-state index contributed by atoms with van der Waals surface area (Å²) in [6.07, 6.45) is 3.35. The number of aliphatic hydroxyl groups is 1. The molecule has 1 N–H and O–H groups in total. The second kappa shape index (κ2) is 8.51. The number of benzene rings is 1. The fourth-order valence-electron chi connectivity index (χ4n) is 3.10. The van der Waals surface area contributed by atoms with E-state index in [1.165, 1.54) is 25.8 Å². The topological polar surface area (TPSA) is 35.9 Å². The summed E-state index contributed by atoms with van der Waals surface area (Å²) >= 11 is 0. The molecule has 0 bridgehead atoms. The van der Waals surface area contributed by atoms with Crippen LogP contribution in [0.15, 0.2) is 24.3 Å². The van der Waals surface area contributed by atoms with Gasteiger partial charge in [0.05, 0.1) is 13.2 Å². The lowest BCUT2D eigenvalue weighted by Crippen LogP contribution is -2.37. The highest BCUT2D eigenvalue weighted by Crippen LogP contribution is 2.24. The third-order valence-corrected chi connectivity index (χ3v) is 4.60. The smallest absolute Gasteiger partial charge is 0.119 e. The van der Waals surface area contributed by atoms with Crippen molar-refractivity contribution in [1.29, 1.82) is 0 Å². The van der Waals surface area contributed by atoms with Gasteiger partial charge < -0.3 is 19.6 Å². The normalized spacial score (nSPS) is 18.6. The van der Waals surface area contributed by atoms with Crippen molar-refractivity contribution in [2.24, 2.45) is 5.92 Å². The molecule has 0 amide bonds. The summed E-state index contributed by atoms with van der Waals surface area (Å²) in [6, 6.07) is 7.74. The lowest BCUT2D eigenvalue weighted by molar-refractivity contribution is 0.0866. The van der Waals surface area contributed by atoms with Crippen LogP contribution in [0.5, 0.6) is 5.75 Å². The number of likely N-dealkylation sites (tertiary alicyclic amines) is 1. The summed E-state index contributed by atoms with van der Waals surface area (Å²) in [7, 11) is 5.93. The predicted octanol–water partition coefficient (Wildman–Crippen LogP) is 2.39. The molecule has 0 aromatic heterocycles. The van der Waals surface area contributed by atoms with Crippen LogP contribution in [0.4, 0.5) is 0 Å². The van der Waals surface area contributed by atoms with Crippen molar-refractivity contribution in [3.63, 3.8) is 0 Å². The van der Waals surface area contributed by atoms with E-state index in [4.69, 9.17) is 4.74 Å². The van der Waals surface area contributed by atoms with E-state index in [1.54, 1.807) is 7.11 Å². The van der Waals surface area contributed by atoms with Gasteiger partial charge in [-0.25, -0.2) is 0 Å². The molecule has 0 radical (unpaired) electrons. The molecule has 1 unspecified atom stereocenters. The molecule has 1 heterocycles. The molecule has 4 nitrogen and oxygen atoms in total. The van der Waals surface area contributed by atoms with Crippen molar-refractivity contribution >= 4 is 0 Å². The van der Waals surface area contributed by atoms with Crippen LogP contribution in [-0.4, -0.2) is 62.3 Å². The van der Waals surface area contributed by atoms with E-state index < -0.39 is 6.10 Å². The van der Waals surface area contributed by atoms with Gasteiger partial charge in [0.2, 0.25) is 0 Å². The summed E-state index contributed by atoms with van der Waals surface area (Å²) in [5.41, 5.74) is 0.939. The summed E-state index contributed by atoms with van der Waals surface area (Å²) in [5.74, 6) is 1.64. The highest BCUT2D eigenvalue weighted by Gasteiger charge is 2.21. The molecule has 1 saturated heterocycles. The molecule has 1 fully saturated rings. The van der Waals surface area contributed by atoms with E-state index in [9.17, 15) is 5.11 Å². The van der Waals surface area contributed by atoms with E-state index in [0.717, 1.165) is 30.3 Å². The van der Waals surface area contributed by atoms with E-state index in [1.807, 2.05) is 24.3 Å². The Hall–Kier alpha value is -1.10. The fraction of sp³-hybridized carbons (Fsp3) is 0.667. The molecule has 0 spiro atoms. The molecular formula is C18H30N2O2. The Bertz CT molecular complexity index is 442. The molecule has 0 aliphatic carbocycles. The minimum atomic E-state index is -0.437. The monoisotopic (exact) mass is 306 g/mol. The fourth-order valence-corrected chi connectivity index (χ4v) is 3.10. The molecule has 0 saturated carbocycles. The average molecular weight is 306 g/mol. The number of hydrogen-bond donors (Lipinski definition) is 1. The minimum absolute atomic E-state index is 0.437. The number of ether oxygens (including phenoxy) is 1. The highest BCUT2D eigenvalue weighted by molar-refractivity contribution is 5.29. The molecule has 1 aromatic rings. The first kappa shape index (κ1) is 17.3. The first-order valence-electron chi connectivity index (χ1n) is 8.27. The van der Waals surface area contributed by atoms with Crippen LogP contribution in [0.3, 0.4) is 0 Å². The van der Waals surface area contributed by atoms with Gasteiger partial charge >= 0.3 is 0 Å². The zero-order valence-electron chi connectivity index (χ0n) is 14.2. The van der Waals surface area contributed by atoms with E-state index in [2.05, 4.69) is 23.9 Å². The van der Waals surface area contributed by atoms with Crippen molar-refractivity contribution in [2.45, 2.75) is 25.4 Å². The maximum atomic E-state index is 10.4. The molecule has 1 aromatic carbocycles. The van der Waals surface area contributed by atoms with Gasteiger partial charge in [0.15, 0.2) is 0 Å². The Morgan fingerprint density at radius 2 is 2.05 bits per heavy atom. The van der Waals surface area contributed by atoms with Crippen LogP contribution in [-0.2, 0) is 0 Å². The quantitative estimate of drug-likeness (QED) is 0.839. The van der Waals surface area contributed by atoms with Crippen LogP contribution in [0.25, 0.3) is 0 Å². The van der Waals surface area contributed by atoms with Crippen molar-refractivity contribution in [3.8, 4) is 5.75 Å². The SMILES string of the molecule is COc1cccc(C(O)CN2CCC(CCN(C)C)CC2)c1. The zero-order chi connectivity index (χ0) is 15.9. The third kappa shape index (κ3) is 5.27. The lowest BCUT2D eigenvalue weighted by atomic mass is 9.93. The minimum Gasteiger partial charge on any atom is -0.497 e. The average Bonchev–Trinajstić information content (AvgIpc) is 2.54. The molecule has 2 rings (SSSR count). The number of hydrogen-bond acceptors (Lipinski definition) is 4. The van der Waals surface area contributed by atoms with Crippen LogP contribution in [0.2, 0.25) is 0 Å². The van der Waals surface area contributed by atoms with Crippen molar-refractivity contribution in [3.05, 3.63) is 29.8 Å². The number of β-amino-alcohol motifs (C(OH)–C–C–N with tert-alkyl or cyclic N) is 1. The number of rotatable bonds is 7. The number of methoxy groups -OCH3 is 1. The maximum absolute atomic E-state index is 10.4. The zero-order valence-corrected chi connectivity index (χ0v) is 14.2. The van der Waals surface area contributed by atoms with Gasteiger partial charge in [0.1, 0.15) is 5.75 Å². The number of aliphatic hydroxyl groups excluding tert-OH is 1. The van der Waals surface area contributed by atoms with Gasteiger partial charge in [-0.1, -0.05) is 12.1 Å². The Morgan fingerprint density at radius 1 is 1.32 bits per heavy atom. The molecule has 1 aliphatic heterocycles. The number of nitrogens with zero attached hydrogens (tertiary/aromatic N) is 2. The Balaban J connectivity index is 1.77. The van der Waals surface area contributed by atoms with E-state index >= 15 is 0 Å². The Kier molecular flexibility index (Phi) is 6.68. The van der Waals surface area contributed by atoms with Crippen LogP contribution < -0.4 is 4.74 Å². The van der Waals surface area contributed by atoms with Crippen molar-refractivity contribution in [1.82, 2.24) is 9.80 Å². The summed E-state index contributed by atoms with van der Waals surface area (Å²) in [4.78, 5) is 4.65. The van der Waals surface area contributed by atoms with Gasteiger partial charge in [-0.3, -0.25) is 0 Å². The first-order chi connectivity index (χ1) is 10.6. The van der Waals surface area contributed by atoms with Gasteiger partial charge in [-0.05, 0) is 76.6 Å². The Morgan fingerprint density at radius 3 is 2.68 bits per heavy atom. The summed E-state index contributed by atoms with van der Waals surface area (Å²) in [6.45, 7) is 4.09. The lowest BCUT2D eigenvalue weighted by Gasteiger charge is -2.33. The second-order valence-electron chi connectivity index (χ2n) is 6.63. The van der Waals surface area contributed by atoms with Crippen molar-refractivity contribution < 1.29 is 9.84 Å². The van der Waals surface area contributed by atoms with Crippen molar-refractivity contribution in [2.75, 3.05) is 47.4 Å². The third-order valence-electron chi connectivity index (χ3n) is 4.60. The van der Waals surface area contributed by atoms with Gasteiger partial charge in [0.25, 0.3) is 0 Å². The standard InChI is InChI=1S/C18H30N2O2/c1-19(2)10-7-15-8-11-20(12-9-15)14-18(21)16-5-4-6-17(13-16)22-3/h4-6,13,15,18,21H,7-12,14H2,1-3H3.